The molecule has 0 fully saturated rings. The van der Waals surface area contributed by atoms with E-state index in [9.17, 15) is 0 Å². The van der Waals surface area contributed by atoms with Crippen molar-refractivity contribution >= 4 is 0 Å². The second-order valence-corrected chi connectivity index (χ2v) is 4.82. The molecule has 3 heteroatoms. The van der Waals surface area contributed by atoms with E-state index in [4.69, 9.17) is 4.74 Å². The van der Waals surface area contributed by atoms with Crippen LogP contribution < -0.4 is 5.32 Å². The molecule has 1 aliphatic rings. The Hall–Kier alpha value is -1.71. The summed E-state index contributed by atoms with van der Waals surface area (Å²) in [5, 5.41) is 3.19. The molecule has 0 spiro atoms. The van der Waals surface area contributed by atoms with Crippen LogP contribution in [0.25, 0.3) is 11.1 Å². The van der Waals surface area contributed by atoms with Crippen LogP contribution in [-0.4, -0.2) is 25.2 Å². The van der Waals surface area contributed by atoms with E-state index in [0.717, 1.165) is 19.6 Å². The van der Waals surface area contributed by atoms with Gasteiger partial charge in [-0.1, -0.05) is 24.3 Å². The fraction of sp³-hybridized carbons (Fsp3) is 0.312. The number of ether oxygens (including phenoxy) is 1. The van der Waals surface area contributed by atoms with Crippen molar-refractivity contribution in [1.29, 1.82) is 0 Å². The first-order chi connectivity index (χ1) is 9.38. The van der Waals surface area contributed by atoms with Gasteiger partial charge in [0.25, 0.3) is 0 Å². The summed E-state index contributed by atoms with van der Waals surface area (Å²) >= 11 is 0. The summed E-state index contributed by atoms with van der Waals surface area (Å²) in [7, 11) is 1.96. The van der Waals surface area contributed by atoms with Gasteiger partial charge in [-0.3, -0.25) is 4.98 Å². The second kappa shape index (κ2) is 5.51. The highest BCUT2D eigenvalue weighted by atomic mass is 16.5. The lowest BCUT2D eigenvalue weighted by molar-refractivity contribution is 0.0439. The Labute approximate surface area is 113 Å². The summed E-state index contributed by atoms with van der Waals surface area (Å²) in [5.41, 5.74) is 5.11. The van der Waals surface area contributed by atoms with E-state index in [0.29, 0.717) is 0 Å². The van der Waals surface area contributed by atoms with Crippen LogP contribution in [0, 0.1) is 0 Å². The van der Waals surface area contributed by atoms with E-state index in [2.05, 4.69) is 34.6 Å². The molecule has 1 aliphatic heterocycles. The highest BCUT2D eigenvalue weighted by molar-refractivity contribution is 5.64. The molecule has 1 atom stereocenters. The Morgan fingerprint density at radius 3 is 3.05 bits per heavy atom. The summed E-state index contributed by atoms with van der Waals surface area (Å²) in [6, 6.07) is 10.7. The lowest BCUT2D eigenvalue weighted by Gasteiger charge is -2.26. The third-order valence-electron chi connectivity index (χ3n) is 3.56. The first kappa shape index (κ1) is 12.3. The predicted molar refractivity (Wildman–Crippen MR) is 76.0 cm³/mol. The Morgan fingerprint density at radius 2 is 2.26 bits per heavy atom. The number of nitrogens with one attached hydrogen (secondary N) is 1. The van der Waals surface area contributed by atoms with Crippen molar-refractivity contribution in [3.05, 3.63) is 53.9 Å². The number of benzene rings is 1. The normalized spacial score (nSPS) is 18.1. The first-order valence-corrected chi connectivity index (χ1v) is 6.68. The zero-order valence-corrected chi connectivity index (χ0v) is 11.1. The molecule has 0 saturated heterocycles. The molecular weight excluding hydrogens is 236 g/mol. The number of likely N-dealkylation sites (N-methyl/N-ethyl adjacent to an activating group) is 1. The van der Waals surface area contributed by atoms with Gasteiger partial charge in [0, 0.05) is 18.9 Å². The Morgan fingerprint density at radius 1 is 1.32 bits per heavy atom. The van der Waals surface area contributed by atoms with Gasteiger partial charge in [0.1, 0.15) is 0 Å². The molecule has 1 aromatic heterocycles. The number of fused-ring (bicyclic) bond motifs is 1. The number of hydrogen-bond acceptors (Lipinski definition) is 3. The minimum absolute atomic E-state index is 0.177. The standard InChI is InChI=1S/C16H18N2O/c1-17-11-16-15-5-4-12(9-13(15)6-8-19-16)14-3-2-7-18-10-14/h2-5,7,9-10,16-17H,6,8,11H2,1H3. The molecule has 0 radical (unpaired) electrons. The minimum Gasteiger partial charge on any atom is -0.372 e. The number of rotatable bonds is 3. The molecule has 0 saturated carbocycles. The van der Waals surface area contributed by atoms with Crippen LogP contribution in [0.1, 0.15) is 17.2 Å². The summed E-state index contributed by atoms with van der Waals surface area (Å²) in [6.07, 6.45) is 4.88. The van der Waals surface area contributed by atoms with Crippen LogP contribution in [0.5, 0.6) is 0 Å². The topological polar surface area (TPSA) is 34.1 Å². The Bertz CT molecular complexity index is 554. The van der Waals surface area contributed by atoms with E-state index in [1.54, 1.807) is 6.20 Å². The average Bonchev–Trinajstić information content (AvgIpc) is 2.48. The van der Waals surface area contributed by atoms with E-state index < -0.39 is 0 Å². The molecule has 1 N–H and O–H groups in total. The molecule has 1 aromatic carbocycles. The van der Waals surface area contributed by atoms with Gasteiger partial charge >= 0.3 is 0 Å². The lowest BCUT2D eigenvalue weighted by atomic mass is 9.93. The van der Waals surface area contributed by atoms with E-state index >= 15 is 0 Å². The van der Waals surface area contributed by atoms with Crippen LogP contribution in [-0.2, 0) is 11.2 Å². The van der Waals surface area contributed by atoms with Crippen LogP contribution in [0.2, 0.25) is 0 Å². The molecule has 3 nitrogen and oxygen atoms in total. The fourth-order valence-electron chi connectivity index (χ4n) is 2.60. The average molecular weight is 254 g/mol. The monoisotopic (exact) mass is 254 g/mol. The van der Waals surface area contributed by atoms with Crippen molar-refractivity contribution in [2.75, 3.05) is 20.2 Å². The fourth-order valence-corrected chi connectivity index (χ4v) is 2.60. The van der Waals surface area contributed by atoms with E-state index in [1.165, 1.54) is 22.3 Å². The van der Waals surface area contributed by atoms with Crippen LogP contribution in [0.4, 0.5) is 0 Å². The molecule has 0 bridgehead atoms. The second-order valence-electron chi connectivity index (χ2n) is 4.82. The number of hydrogen-bond donors (Lipinski definition) is 1. The zero-order chi connectivity index (χ0) is 13.1. The zero-order valence-electron chi connectivity index (χ0n) is 11.1. The summed E-state index contributed by atoms with van der Waals surface area (Å²) in [4.78, 5) is 4.18. The third kappa shape index (κ3) is 2.53. The van der Waals surface area contributed by atoms with Crippen molar-refractivity contribution in [2.45, 2.75) is 12.5 Å². The Kier molecular flexibility index (Phi) is 3.58. The molecule has 19 heavy (non-hydrogen) atoms. The lowest BCUT2D eigenvalue weighted by Crippen LogP contribution is -2.25. The van der Waals surface area contributed by atoms with Crippen molar-refractivity contribution < 1.29 is 4.74 Å². The number of nitrogens with zero attached hydrogens (tertiary/aromatic N) is 1. The van der Waals surface area contributed by atoms with Gasteiger partial charge in [0.05, 0.1) is 12.7 Å². The molecule has 0 amide bonds. The van der Waals surface area contributed by atoms with E-state index in [1.807, 2.05) is 19.3 Å². The highest BCUT2D eigenvalue weighted by Crippen LogP contribution is 2.30. The van der Waals surface area contributed by atoms with Gasteiger partial charge in [0.15, 0.2) is 0 Å². The molecule has 3 rings (SSSR count). The maximum atomic E-state index is 5.82. The van der Waals surface area contributed by atoms with Gasteiger partial charge in [-0.15, -0.1) is 0 Å². The predicted octanol–water partition coefficient (Wildman–Crippen LogP) is 2.58. The summed E-state index contributed by atoms with van der Waals surface area (Å²) < 4.78 is 5.82. The number of pyridine rings is 1. The smallest absolute Gasteiger partial charge is 0.0951 e. The molecule has 1 unspecified atom stereocenters. The quantitative estimate of drug-likeness (QED) is 0.914. The molecule has 98 valence electrons. The Balaban J connectivity index is 1.96. The first-order valence-electron chi connectivity index (χ1n) is 6.68. The molecule has 2 heterocycles. The third-order valence-corrected chi connectivity index (χ3v) is 3.56. The van der Waals surface area contributed by atoms with Crippen molar-refractivity contribution in [3.63, 3.8) is 0 Å². The van der Waals surface area contributed by atoms with Crippen LogP contribution >= 0.6 is 0 Å². The van der Waals surface area contributed by atoms with Crippen LogP contribution in [0.15, 0.2) is 42.7 Å². The summed E-state index contributed by atoms with van der Waals surface area (Å²) in [5.74, 6) is 0. The van der Waals surface area contributed by atoms with Gasteiger partial charge in [-0.25, -0.2) is 0 Å². The van der Waals surface area contributed by atoms with Crippen LogP contribution in [0.3, 0.4) is 0 Å². The van der Waals surface area contributed by atoms with Crippen molar-refractivity contribution in [1.82, 2.24) is 10.3 Å². The molecule has 0 aliphatic carbocycles. The van der Waals surface area contributed by atoms with Crippen molar-refractivity contribution in [3.8, 4) is 11.1 Å². The largest absolute Gasteiger partial charge is 0.372 e. The van der Waals surface area contributed by atoms with Gasteiger partial charge in [-0.05, 0) is 41.8 Å². The highest BCUT2D eigenvalue weighted by Gasteiger charge is 2.20. The maximum Gasteiger partial charge on any atom is 0.0951 e. The maximum absolute atomic E-state index is 5.82. The van der Waals surface area contributed by atoms with E-state index in [-0.39, 0.29) is 6.10 Å². The molecule has 2 aromatic rings. The SMILES string of the molecule is CNCC1OCCc2cc(-c3cccnc3)ccc21. The van der Waals surface area contributed by atoms with Gasteiger partial charge in [-0.2, -0.15) is 0 Å². The number of aromatic nitrogens is 1. The van der Waals surface area contributed by atoms with Gasteiger partial charge < -0.3 is 10.1 Å². The minimum atomic E-state index is 0.177. The van der Waals surface area contributed by atoms with Crippen molar-refractivity contribution in [2.24, 2.45) is 0 Å². The summed E-state index contributed by atoms with van der Waals surface area (Å²) in [6.45, 7) is 1.66. The molecular formula is C16H18N2O. The van der Waals surface area contributed by atoms with Gasteiger partial charge in [0.2, 0.25) is 0 Å².